The number of carboxylic acid groups (broad SMARTS) is 1. The first-order chi connectivity index (χ1) is 8.75. The smallest absolute Gasteiger partial charge is 0.354 e. The van der Waals surface area contributed by atoms with Crippen molar-refractivity contribution in [2.24, 2.45) is 5.92 Å². The van der Waals surface area contributed by atoms with Crippen LogP contribution in [0.2, 0.25) is 0 Å². The monoisotopic (exact) mass is 248 g/mol. The van der Waals surface area contributed by atoms with Crippen LogP contribution in [0.4, 0.5) is 5.69 Å². The molecule has 0 atom stereocenters. The second-order valence-corrected chi connectivity index (χ2v) is 4.96. The molecule has 1 fully saturated rings. The fourth-order valence-corrected chi connectivity index (χ4v) is 2.52. The minimum atomic E-state index is -0.983. The van der Waals surface area contributed by atoms with Gasteiger partial charge < -0.3 is 10.4 Å². The lowest BCUT2D eigenvalue weighted by atomic mass is 9.87. The molecular formula is C14H20N2O2. The summed E-state index contributed by atoms with van der Waals surface area (Å²) in [5, 5.41) is 12.0. The third-order valence-electron chi connectivity index (χ3n) is 3.59. The van der Waals surface area contributed by atoms with Gasteiger partial charge in [-0.05, 0) is 24.5 Å². The Kier molecular flexibility index (Phi) is 4.56. The van der Waals surface area contributed by atoms with Crippen molar-refractivity contribution in [3.8, 4) is 0 Å². The molecule has 98 valence electrons. The number of rotatable bonds is 5. The molecule has 1 heterocycles. The highest BCUT2D eigenvalue weighted by molar-refractivity contribution is 5.85. The van der Waals surface area contributed by atoms with Crippen molar-refractivity contribution in [3.05, 3.63) is 24.0 Å². The Hall–Kier alpha value is -1.58. The zero-order valence-electron chi connectivity index (χ0n) is 10.6. The molecule has 0 amide bonds. The van der Waals surface area contributed by atoms with Crippen molar-refractivity contribution in [2.45, 2.75) is 38.5 Å². The average molecular weight is 248 g/mol. The Morgan fingerprint density at radius 2 is 2.11 bits per heavy atom. The van der Waals surface area contributed by atoms with E-state index in [0.29, 0.717) is 0 Å². The molecular weight excluding hydrogens is 228 g/mol. The third kappa shape index (κ3) is 3.72. The van der Waals surface area contributed by atoms with Crippen molar-refractivity contribution in [1.29, 1.82) is 0 Å². The molecule has 0 aliphatic heterocycles. The van der Waals surface area contributed by atoms with Crippen molar-refractivity contribution in [2.75, 3.05) is 11.9 Å². The largest absolute Gasteiger partial charge is 0.477 e. The van der Waals surface area contributed by atoms with Gasteiger partial charge in [-0.1, -0.05) is 32.1 Å². The van der Waals surface area contributed by atoms with Gasteiger partial charge in [0.25, 0.3) is 0 Å². The number of hydrogen-bond donors (Lipinski definition) is 2. The van der Waals surface area contributed by atoms with Gasteiger partial charge in [-0.2, -0.15) is 0 Å². The van der Waals surface area contributed by atoms with E-state index in [1.165, 1.54) is 44.6 Å². The molecule has 0 saturated heterocycles. The fourth-order valence-electron chi connectivity index (χ4n) is 2.52. The van der Waals surface area contributed by atoms with Crippen LogP contribution in [0.5, 0.6) is 0 Å². The zero-order valence-corrected chi connectivity index (χ0v) is 10.6. The SMILES string of the molecule is O=C(O)c1ccc(NCCC2CCCCC2)cn1. The summed E-state index contributed by atoms with van der Waals surface area (Å²) < 4.78 is 0. The molecule has 1 aliphatic carbocycles. The van der Waals surface area contributed by atoms with Gasteiger partial charge in [0.1, 0.15) is 5.69 Å². The molecule has 0 radical (unpaired) electrons. The highest BCUT2D eigenvalue weighted by atomic mass is 16.4. The van der Waals surface area contributed by atoms with Crippen LogP contribution in [0.1, 0.15) is 49.0 Å². The van der Waals surface area contributed by atoms with E-state index >= 15 is 0 Å². The number of nitrogens with zero attached hydrogens (tertiary/aromatic N) is 1. The molecule has 0 bridgehead atoms. The summed E-state index contributed by atoms with van der Waals surface area (Å²) >= 11 is 0. The Bertz CT molecular complexity index is 383. The van der Waals surface area contributed by atoms with Crippen LogP contribution < -0.4 is 5.32 Å². The van der Waals surface area contributed by atoms with Crippen LogP contribution in [0.15, 0.2) is 18.3 Å². The lowest BCUT2D eigenvalue weighted by Gasteiger charge is -2.21. The lowest BCUT2D eigenvalue weighted by molar-refractivity contribution is 0.0690. The van der Waals surface area contributed by atoms with Crippen LogP contribution in [-0.4, -0.2) is 22.6 Å². The molecule has 1 aromatic rings. The van der Waals surface area contributed by atoms with E-state index in [1.807, 2.05) is 0 Å². The summed E-state index contributed by atoms with van der Waals surface area (Å²) in [7, 11) is 0. The van der Waals surface area contributed by atoms with Crippen LogP contribution in [0, 0.1) is 5.92 Å². The minimum absolute atomic E-state index is 0.0906. The van der Waals surface area contributed by atoms with Gasteiger partial charge in [0.15, 0.2) is 0 Å². The predicted molar refractivity (Wildman–Crippen MR) is 70.9 cm³/mol. The standard InChI is InChI=1S/C14H20N2O2/c17-14(18)13-7-6-12(10-16-13)15-9-8-11-4-2-1-3-5-11/h6-7,10-11,15H,1-5,8-9H2,(H,17,18). The molecule has 2 rings (SSSR count). The summed E-state index contributed by atoms with van der Waals surface area (Å²) in [6.45, 7) is 0.943. The highest BCUT2D eigenvalue weighted by Gasteiger charge is 2.12. The molecule has 0 spiro atoms. The van der Waals surface area contributed by atoms with Crippen molar-refractivity contribution < 1.29 is 9.90 Å². The third-order valence-corrected chi connectivity index (χ3v) is 3.59. The first kappa shape index (κ1) is 12.9. The number of aromatic nitrogens is 1. The summed E-state index contributed by atoms with van der Waals surface area (Å²) in [4.78, 5) is 14.5. The van der Waals surface area contributed by atoms with Gasteiger partial charge in [-0.15, -0.1) is 0 Å². The minimum Gasteiger partial charge on any atom is -0.477 e. The second-order valence-electron chi connectivity index (χ2n) is 4.96. The van der Waals surface area contributed by atoms with E-state index in [2.05, 4.69) is 10.3 Å². The predicted octanol–water partition coefficient (Wildman–Crippen LogP) is 3.16. The van der Waals surface area contributed by atoms with Crippen LogP contribution in [0.3, 0.4) is 0 Å². The molecule has 4 nitrogen and oxygen atoms in total. The van der Waals surface area contributed by atoms with E-state index < -0.39 is 5.97 Å². The molecule has 0 unspecified atom stereocenters. The number of carbonyl (C=O) groups is 1. The van der Waals surface area contributed by atoms with Gasteiger partial charge in [0.2, 0.25) is 0 Å². The second kappa shape index (κ2) is 6.38. The summed E-state index contributed by atoms with van der Waals surface area (Å²) in [5.41, 5.74) is 0.989. The average Bonchev–Trinajstić information content (AvgIpc) is 2.40. The zero-order chi connectivity index (χ0) is 12.8. The molecule has 1 aliphatic rings. The maximum atomic E-state index is 10.6. The fraction of sp³-hybridized carbons (Fsp3) is 0.571. The van der Waals surface area contributed by atoms with Crippen LogP contribution >= 0.6 is 0 Å². The number of carboxylic acids is 1. The molecule has 2 N–H and O–H groups in total. The van der Waals surface area contributed by atoms with E-state index in [-0.39, 0.29) is 5.69 Å². The molecule has 1 saturated carbocycles. The maximum absolute atomic E-state index is 10.6. The summed E-state index contributed by atoms with van der Waals surface area (Å²) in [6, 6.07) is 3.31. The Morgan fingerprint density at radius 3 is 2.72 bits per heavy atom. The van der Waals surface area contributed by atoms with Gasteiger partial charge in [0, 0.05) is 6.54 Å². The van der Waals surface area contributed by atoms with Gasteiger partial charge in [-0.25, -0.2) is 9.78 Å². The quantitative estimate of drug-likeness (QED) is 0.840. The molecule has 1 aromatic heterocycles. The van der Waals surface area contributed by atoms with E-state index in [0.717, 1.165) is 18.2 Å². The number of hydrogen-bond acceptors (Lipinski definition) is 3. The lowest BCUT2D eigenvalue weighted by Crippen LogP contribution is -2.12. The molecule has 4 heteroatoms. The van der Waals surface area contributed by atoms with E-state index in [4.69, 9.17) is 5.11 Å². The van der Waals surface area contributed by atoms with Gasteiger partial charge in [0.05, 0.1) is 11.9 Å². The van der Waals surface area contributed by atoms with Crippen LogP contribution in [0.25, 0.3) is 0 Å². The van der Waals surface area contributed by atoms with Crippen LogP contribution in [-0.2, 0) is 0 Å². The topological polar surface area (TPSA) is 62.2 Å². The number of aromatic carboxylic acids is 1. The summed E-state index contributed by atoms with van der Waals surface area (Å²) in [5.74, 6) is -0.124. The number of pyridine rings is 1. The van der Waals surface area contributed by atoms with E-state index in [1.54, 1.807) is 12.3 Å². The maximum Gasteiger partial charge on any atom is 0.354 e. The Labute approximate surface area is 107 Å². The van der Waals surface area contributed by atoms with Gasteiger partial charge in [-0.3, -0.25) is 0 Å². The van der Waals surface area contributed by atoms with Crippen molar-refractivity contribution >= 4 is 11.7 Å². The van der Waals surface area contributed by atoms with Crippen molar-refractivity contribution in [3.63, 3.8) is 0 Å². The number of nitrogens with one attached hydrogen (secondary N) is 1. The van der Waals surface area contributed by atoms with E-state index in [9.17, 15) is 4.79 Å². The summed E-state index contributed by atoms with van der Waals surface area (Å²) in [6.07, 6.45) is 9.64. The molecule has 18 heavy (non-hydrogen) atoms. The number of anilines is 1. The van der Waals surface area contributed by atoms with Gasteiger partial charge >= 0.3 is 5.97 Å². The highest BCUT2D eigenvalue weighted by Crippen LogP contribution is 2.26. The Balaban J connectivity index is 1.74. The Morgan fingerprint density at radius 1 is 1.33 bits per heavy atom. The first-order valence-electron chi connectivity index (χ1n) is 6.69. The van der Waals surface area contributed by atoms with Crippen molar-refractivity contribution in [1.82, 2.24) is 4.98 Å². The first-order valence-corrected chi connectivity index (χ1v) is 6.69. The normalized spacial score (nSPS) is 16.4. The molecule has 0 aromatic carbocycles.